The average Bonchev–Trinajstić information content (AvgIpc) is 2.07. The molecule has 0 saturated heterocycles. The Balaban J connectivity index is 2.35. The molecule has 0 amide bonds. The number of nitrogens with zero attached hydrogens (tertiary/aromatic N) is 1. The lowest BCUT2D eigenvalue weighted by Crippen LogP contribution is -2.05. The minimum atomic E-state index is 0.411. The number of hydrogen-bond donors (Lipinski definition) is 1. The van der Waals surface area contributed by atoms with E-state index in [1.165, 1.54) is 0 Å². The molecule has 1 N–H and O–H groups in total. The number of nitrogens with one attached hydrogen (secondary N) is 1. The molecule has 0 unspecified atom stereocenters. The van der Waals surface area contributed by atoms with Gasteiger partial charge < -0.3 is 0 Å². The molecule has 1 aromatic rings. The quantitative estimate of drug-likeness (QED) is 0.303. The van der Waals surface area contributed by atoms with Gasteiger partial charge in [-0.15, -0.1) is 0 Å². The third-order valence-corrected chi connectivity index (χ3v) is 1.20. The van der Waals surface area contributed by atoms with E-state index in [0.717, 1.165) is 5.56 Å². The molecule has 0 saturated carbocycles. The van der Waals surface area contributed by atoms with Crippen LogP contribution in [0.25, 0.3) is 0 Å². The van der Waals surface area contributed by atoms with Crippen LogP contribution in [0.3, 0.4) is 0 Å². The van der Waals surface area contributed by atoms with Gasteiger partial charge in [0.1, 0.15) is 6.61 Å². The summed E-state index contributed by atoms with van der Waals surface area (Å²) >= 11 is 0. The summed E-state index contributed by atoms with van der Waals surface area (Å²) in [6, 6.07) is 9.63. The first-order chi connectivity index (χ1) is 5.43. The van der Waals surface area contributed by atoms with Crippen LogP contribution in [0.15, 0.2) is 30.3 Å². The second kappa shape index (κ2) is 4.31. The molecule has 0 aliphatic carbocycles. The van der Waals surface area contributed by atoms with Crippen molar-refractivity contribution in [3.8, 4) is 6.19 Å². The lowest BCUT2D eigenvalue weighted by Gasteiger charge is -1.98. The molecule has 0 heterocycles. The van der Waals surface area contributed by atoms with E-state index in [9.17, 15) is 0 Å². The minimum Gasteiger partial charge on any atom is -0.262 e. The predicted octanol–water partition coefficient (Wildman–Crippen LogP) is 1.19. The van der Waals surface area contributed by atoms with Crippen molar-refractivity contribution in [2.75, 3.05) is 0 Å². The number of rotatable bonds is 3. The Kier molecular flexibility index (Phi) is 2.97. The number of hydrogen-bond acceptors (Lipinski definition) is 3. The Morgan fingerprint density at radius 1 is 1.36 bits per heavy atom. The first-order valence-corrected chi connectivity index (χ1v) is 3.23. The zero-order chi connectivity index (χ0) is 7.94. The van der Waals surface area contributed by atoms with Gasteiger partial charge in [-0.05, 0) is 5.56 Å². The van der Waals surface area contributed by atoms with Gasteiger partial charge in [0.05, 0.1) is 0 Å². The Morgan fingerprint density at radius 2 is 2.09 bits per heavy atom. The van der Waals surface area contributed by atoms with Gasteiger partial charge in [0.2, 0.25) is 6.19 Å². The highest BCUT2D eigenvalue weighted by molar-refractivity contribution is 5.13. The minimum absolute atomic E-state index is 0.411. The predicted molar refractivity (Wildman–Crippen MR) is 40.0 cm³/mol. The number of nitriles is 1. The highest BCUT2D eigenvalue weighted by Gasteiger charge is 1.88. The van der Waals surface area contributed by atoms with Gasteiger partial charge in [-0.25, -0.2) is 5.48 Å². The molecule has 0 radical (unpaired) electrons. The van der Waals surface area contributed by atoms with E-state index in [2.05, 4.69) is 5.48 Å². The van der Waals surface area contributed by atoms with Crippen LogP contribution in [0.1, 0.15) is 5.56 Å². The van der Waals surface area contributed by atoms with E-state index in [-0.39, 0.29) is 0 Å². The molecule has 3 nitrogen and oxygen atoms in total. The van der Waals surface area contributed by atoms with Crippen LogP contribution in [0.4, 0.5) is 0 Å². The van der Waals surface area contributed by atoms with Crippen molar-refractivity contribution in [2.45, 2.75) is 6.61 Å². The van der Waals surface area contributed by atoms with E-state index in [1.54, 1.807) is 6.19 Å². The molecule has 3 heteroatoms. The summed E-state index contributed by atoms with van der Waals surface area (Å²) in [5.74, 6) is 0. The summed E-state index contributed by atoms with van der Waals surface area (Å²) in [5.41, 5.74) is 3.14. The normalized spacial score (nSPS) is 8.64. The number of hydroxylamine groups is 1. The van der Waals surface area contributed by atoms with Crippen molar-refractivity contribution in [1.82, 2.24) is 5.48 Å². The van der Waals surface area contributed by atoms with Crippen molar-refractivity contribution >= 4 is 0 Å². The van der Waals surface area contributed by atoms with Crippen LogP contribution in [0.5, 0.6) is 0 Å². The summed E-state index contributed by atoms with van der Waals surface area (Å²) in [4.78, 5) is 4.76. The van der Waals surface area contributed by atoms with Crippen molar-refractivity contribution in [2.24, 2.45) is 0 Å². The fourth-order valence-electron chi connectivity index (χ4n) is 0.726. The molecule has 0 aromatic heterocycles. The van der Waals surface area contributed by atoms with Gasteiger partial charge in [-0.1, -0.05) is 30.3 Å². The molecular weight excluding hydrogens is 140 g/mol. The van der Waals surface area contributed by atoms with Gasteiger partial charge in [-0.3, -0.25) is 4.84 Å². The fourth-order valence-corrected chi connectivity index (χ4v) is 0.726. The van der Waals surface area contributed by atoms with Crippen molar-refractivity contribution in [3.05, 3.63) is 35.9 Å². The zero-order valence-electron chi connectivity index (χ0n) is 5.95. The average molecular weight is 148 g/mol. The van der Waals surface area contributed by atoms with Gasteiger partial charge in [0.25, 0.3) is 0 Å². The lowest BCUT2D eigenvalue weighted by molar-refractivity contribution is 0.0629. The molecule has 56 valence electrons. The molecule has 0 fully saturated rings. The summed E-state index contributed by atoms with van der Waals surface area (Å²) in [6.07, 6.45) is 1.67. The maximum Gasteiger partial charge on any atom is 0.202 e. The second-order valence-electron chi connectivity index (χ2n) is 1.99. The first kappa shape index (κ1) is 7.58. The topological polar surface area (TPSA) is 45.0 Å². The van der Waals surface area contributed by atoms with Crippen molar-refractivity contribution in [3.63, 3.8) is 0 Å². The van der Waals surface area contributed by atoms with Crippen LogP contribution in [-0.2, 0) is 11.4 Å². The Bertz CT molecular complexity index is 240. The van der Waals surface area contributed by atoms with Gasteiger partial charge in [-0.2, -0.15) is 5.26 Å². The third-order valence-electron chi connectivity index (χ3n) is 1.20. The summed E-state index contributed by atoms with van der Waals surface area (Å²) in [6.45, 7) is 0.411. The first-order valence-electron chi connectivity index (χ1n) is 3.23. The van der Waals surface area contributed by atoms with Gasteiger partial charge in [0.15, 0.2) is 0 Å². The van der Waals surface area contributed by atoms with E-state index >= 15 is 0 Å². The van der Waals surface area contributed by atoms with Crippen LogP contribution >= 0.6 is 0 Å². The second-order valence-corrected chi connectivity index (χ2v) is 1.99. The Labute approximate surface area is 65.2 Å². The fraction of sp³-hybridized carbons (Fsp3) is 0.125. The SMILES string of the molecule is N#CNOCc1ccccc1. The smallest absolute Gasteiger partial charge is 0.202 e. The Morgan fingerprint density at radius 3 is 2.73 bits per heavy atom. The van der Waals surface area contributed by atoms with Gasteiger partial charge in [0, 0.05) is 0 Å². The van der Waals surface area contributed by atoms with E-state index in [0.29, 0.717) is 6.61 Å². The number of benzene rings is 1. The highest BCUT2D eigenvalue weighted by Crippen LogP contribution is 1.98. The monoisotopic (exact) mass is 148 g/mol. The molecule has 1 aromatic carbocycles. The van der Waals surface area contributed by atoms with Crippen LogP contribution in [0.2, 0.25) is 0 Å². The molecular formula is C8H8N2O. The van der Waals surface area contributed by atoms with E-state index in [4.69, 9.17) is 10.1 Å². The maximum atomic E-state index is 8.06. The lowest BCUT2D eigenvalue weighted by atomic mass is 10.2. The van der Waals surface area contributed by atoms with Gasteiger partial charge >= 0.3 is 0 Å². The summed E-state index contributed by atoms with van der Waals surface area (Å²) in [7, 11) is 0. The molecule has 0 bridgehead atoms. The largest absolute Gasteiger partial charge is 0.262 e. The van der Waals surface area contributed by atoms with E-state index in [1.807, 2.05) is 30.3 Å². The Hall–Kier alpha value is -1.53. The van der Waals surface area contributed by atoms with Crippen LogP contribution in [-0.4, -0.2) is 0 Å². The zero-order valence-corrected chi connectivity index (χ0v) is 5.95. The standard InChI is InChI=1S/C8H8N2O/c9-7-10-11-6-8-4-2-1-3-5-8/h1-5,10H,6H2. The van der Waals surface area contributed by atoms with E-state index < -0.39 is 0 Å². The maximum absolute atomic E-state index is 8.06. The van der Waals surface area contributed by atoms with Crippen LogP contribution < -0.4 is 5.48 Å². The molecule has 0 aliphatic rings. The molecule has 0 spiro atoms. The van der Waals surface area contributed by atoms with Crippen molar-refractivity contribution in [1.29, 1.82) is 5.26 Å². The van der Waals surface area contributed by atoms with Crippen molar-refractivity contribution < 1.29 is 4.84 Å². The molecule has 11 heavy (non-hydrogen) atoms. The molecule has 0 atom stereocenters. The molecule has 1 rings (SSSR count). The summed E-state index contributed by atoms with van der Waals surface area (Å²) < 4.78 is 0. The third kappa shape index (κ3) is 2.70. The van der Waals surface area contributed by atoms with Crippen LogP contribution in [0, 0.1) is 11.5 Å². The molecule has 0 aliphatic heterocycles. The highest BCUT2D eigenvalue weighted by atomic mass is 16.6. The summed E-state index contributed by atoms with van der Waals surface area (Å²) in [5, 5.41) is 8.06.